The molecule has 0 atom stereocenters. The SMILES string of the molecule is Cc1cc(OCC(=O)N2CCN(CC(=O)N3CCCCC3)CC2)ccc1Cl. The first kappa shape index (κ1) is 20.0. The first-order chi connectivity index (χ1) is 13.0. The van der Waals surface area contributed by atoms with Crippen molar-refractivity contribution in [1.29, 1.82) is 0 Å². The number of ether oxygens (including phenoxy) is 1. The van der Waals surface area contributed by atoms with Gasteiger partial charge in [-0.2, -0.15) is 0 Å². The van der Waals surface area contributed by atoms with Gasteiger partial charge >= 0.3 is 0 Å². The van der Waals surface area contributed by atoms with Crippen LogP contribution >= 0.6 is 11.6 Å². The molecular weight excluding hydrogens is 366 g/mol. The molecule has 0 spiro atoms. The highest BCUT2D eigenvalue weighted by atomic mass is 35.5. The van der Waals surface area contributed by atoms with Crippen LogP contribution < -0.4 is 4.74 Å². The maximum Gasteiger partial charge on any atom is 0.260 e. The van der Waals surface area contributed by atoms with Gasteiger partial charge in [-0.15, -0.1) is 0 Å². The maximum atomic E-state index is 12.4. The minimum atomic E-state index is -0.0235. The molecule has 2 aliphatic heterocycles. The quantitative estimate of drug-likeness (QED) is 0.769. The lowest BCUT2D eigenvalue weighted by atomic mass is 10.1. The van der Waals surface area contributed by atoms with Crippen LogP contribution in [-0.4, -0.2) is 78.9 Å². The lowest BCUT2D eigenvalue weighted by molar-refractivity contribution is -0.136. The summed E-state index contributed by atoms with van der Waals surface area (Å²) in [6.45, 7) is 6.89. The average Bonchev–Trinajstić information content (AvgIpc) is 2.70. The number of nitrogens with zero attached hydrogens (tertiary/aromatic N) is 3. The highest BCUT2D eigenvalue weighted by Crippen LogP contribution is 2.21. The molecule has 0 aliphatic carbocycles. The average molecular weight is 394 g/mol. The Kier molecular flexibility index (Phi) is 6.96. The van der Waals surface area contributed by atoms with Crippen LogP contribution in [0.15, 0.2) is 18.2 Å². The Morgan fingerprint density at radius 2 is 1.63 bits per heavy atom. The summed E-state index contributed by atoms with van der Waals surface area (Å²) in [4.78, 5) is 30.7. The van der Waals surface area contributed by atoms with E-state index in [0.717, 1.165) is 44.6 Å². The van der Waals surface area contributed by atoms with Crippen molar-refractivity contribution in [3.63, 3.8) is 0 Å². The molecular formula is C20H28ClN3O3. The number of piperidine rings is 1. The number of hydrogen-bond acceptors (Lipinski definition) is 4. The number of halogens is 1. The van der Waals surface area contributed by atoms with Gasteiger partial charge in [0.15, 0.2) is 6.61 Å². The van der Waals surface area contributed by atoms with E-state index >= 15 is 0 Å². The molecule has 148 valence electrons. The van der Waals surface area contributed by atoms with Crippen molar-refractivity contribution in [1.82, 2.24) is 14.7 Å². The zero-order valence-corrected chi connectivity index (χ0v) is 16.7. The van der Waals surface area contributed by atoms with Crippen molar-refractivity contribution in [3.8, 4) is 5.75 Å². The molecule has 2 heterocycles. The molecule has 1 aromatic rings. The van der Waals surface area contributed by atoms with E-state index in [2.05, 4.69) is 4.90 Å². The Labute approximate surface area is 166 Å². The lowest BCUT2D eigenvalue weighted by Crippen LogP contribution is -2.52. The van der Waals surface area contributed by atoms with Gasteiger partial charge in [0.1, 0.15) is 5.75 Å². The van der Waals surface area contributed by atoms with Crippen molar-refractivity contribution in [3.05, 3.63) is 28.8 Å². The van der Waals surface area contributed by atoms with Crippen LogP contribution in [0, 0.1) is 6.92 Å². The summed E-state index contributed by atoms with van der Waals surface area (Å²) in [6, 6.07) is 5.38. The van der Waals surface area contributed by atoms with E-state index in [1.807, 2.05) is 22.8 Å². The van der Waals surface area contributed by atoms with E-state index in [1.165, 1.54) is 6.42 Å². The number of carbonyl (C=O) groups excluding carboxylic acids is 2. The molecule has 0 bridgehead atoms. The molecule has 0 N–H and O–H groups in total. The number of rotatable bonds is 5. The molecule has 0 aromatic heterocycles. The van der Waals surface area contributed by atoms with Crippen LogP contribution in [0.1, 0.15) is 24.8 Å². The molecule has 0 unspecified atom stereocenters. The summed E-state index contributed by atoms with van der Waals surface area (Å²) in [5, 5.41) is 0.684. The Hall–Kier alpha value is -1.79. The maximum absolute atomic E-state index is 12.4. The van der Waals surface area contributed by atoms with Gasteiger partial charge < -0.3 is 14.5 Å². The van der Waals surface area contributed by atoms with Crippen LogP contribution in [0.25, 0.3) is 0 Å². The van der Waals surface area contributed by atoms with Gasteiger partial charge in [0.05, 0.1) is 6.54 Å². The van der Waals surface area contributed by atoms with Crippen LogP contribution in [0.4, 0.5) is 0 Å². The van der Waals surface area contributed by atoms with Gasteiger partial charge in [0, 0.05) is 44.3 Å². The topological polar surface area (TPSA) is 53.1 Å². The van der Waals surface area contributed by atoms with Crippen molar-refractivity contribution in [2.45, 2.75) is 26.2 Å². The van der Waals surface area contributed by atoms with Crippen LogP contribution in [0.2, 0.25) is 5.02 Å². The standard InChI is InChI=1S/C20H28ClN3O3/c1-16-13-17(5-6-18(16)21)27-15-20(26)24-11-9-22(10-12-24)14-19(25)23-7-3-2-4-8-23/h5-6,13H,2-4,7-12,14-15H2,1H3. The minimum Gasteiger partial charge on any atom is -0.484 e. The summed E-state index contributed by atoms with van der Waals surface area (Å²) >= 11 is 6.00. The number of carbonyl (C=O) groups is 2. The second-order valence-electron chi connectivity index (χ2n) is 7.30. The van der Waals surface area contributed by atoms with Gasteiger partial charge in [-0.1, -0.05) is 11.6 Å². The predicted molar refractivity (Wildman–Crippen MR) is 105 cm³/mol. The third-order valence-electron chi connectivity index (χ3n) is 5.28. The zero-order valence-electron chi connectivity index (χ0n) is 16.0. The fourth-order valence-electron chi connectivity index (χ4n) is 3.53. The van der Waals surface area contributed by atoms with Gasteiger partial charge in [-0.25, -0.2) is 0 Å². The molecule has 27 heavy (non-hydrogen) atoms. The van der Waals surface area contributed by atoms with E-state index < -0.39 is 0 Å². The Balaban J connectivity index is 1.39. The predicted octanol–water partition coefficient (Wildman–Crippen LogP) is 2.18. The molecule has 7 heteroatoms. The van der Waals surface area contributed by atoms with E-state index in [4.69, 9.17) is 16.3 Å². The lowest BCUT2D eigenvalue weighted by Gasteiger charge is -2.36. The van der Waals surface area contributed by atoms with Gasteiger partial charge in [0.25, 0.3) is 5.91 Å². The third-order valence-corrected chi connectivity index (χ3v) is 5.71. The van der Waals surface area contributed by atoms with Gasteiger partial charge in [0.2, 0.25) is 5.91 Å². The van der Waals surface area contributed by atoms with Crippen molar-refractivity contribution < 1.29 is 14.3 Å². The number of benzene rings is 1. The second-order valence-corrected chi connectivity index (χ2v) is 7.71. The van der Waals surface area contributed by atoms with E-state index in [9.17, 15) is 9.59 Å². The molecule has 6 nitrogen and oxygen atoms in total. The largest absolute Gasteiger partial charge is 0.484 e. The Bertz CT molecular complexity index is 668. The Morgan fingerprint density at radius 1 is 0.963 bits per heavy atom. The summed E-state index contributed by atoms with van der Waals surface area (Å²) in [5.41, 5.74) is 0.925. The molecule has 2 amide bonds. The van der Waals surface area contributed by atoms with E-state index in [-0.39, 0.29) is 18.4 Å². The summed E-state index contributed by atoms with van der Waals surface area (Å²) in [6.07, 6.45) is 3.45. The number of hydrogen-bond donors (Lipinski definition) is 0. The summed E-state index contributed by atoms with van der Waals surface area (Å²) < 4.78 is 5.60. The first-order valence-electron chi connectivity index (χ1n) is 9.70. The number of piperazine rings is 1. The molecule has 0 saturated carbocycles. The molecule has 2 saturated heterocycles. The summed E-state index contributed by atoms with van der Waals surface area (Å²) in [7, 11) is 0. The highest BCUT2D eigenvalue weighted by Gasteiger charge is 2.25. The molecule has 0 radical (unpaired) electrons. The van der Waals surface area contributed by atoms with Crippen molar-refractivity contribution in [2.75, 3.05) is 52.4 Å². The fraction of sp³-hybridized carbons (Fsp3) is 0.600. The van der Waals surface area contributed by atoms with Gasteiger partial charge in [-0.05, 0) is 49.9 Å². The smallest absolute Gasteiger partial charge is 0.260 e. The van der Waals surface area contributed by atoms with Crippen molar-refractivity contribution in [2.24, 2.45) is 0 Å². The van der Waals surface area contributed by atoms with Crippen LogP contribution in [0.3, 0.4) is 0 Å². The minimum absolute atomic E-state index is 0.0216. The van der Waals surface area contributed by atoms with Gasteiger partial charge in [-0.3, -0.25) is 14.5 Å². The van der Waals surface area contributed by atoms with Crippen LogP contribution in [0.5, 0.6) is 5.75 Å². The normalized spacial score (nSPS) is 18.4. The first-order valence-corrected chi connectivity index (χ1v) is 10.1. The number of aryl methyl sites for hydroxylation is 1. The number of amides is 2. The van der Waals surface area contributed by atoms with E-state index in [0.29, 0.717) is 30.4 Å². The highest BCUT2D eigenvalue weighted by molar-refractivity contribution is 6.31. The fourth-order valence-corrected chi connectivity index (χ4v) is 3.65. The second kappa shape index (κ2) is 9.42. The molecule has 2 aliphatic rings. The third kappa shape index (κ3) is 5.59. The molecule has 3 rings (SSSR count). The zero-order chi connectivity index (χ0) is 19.2. The molecule has 1 aromatic carbocycles. The number of likely N-dealkylation sites (tertiary alicyclic amines) is 1. The van der Waals surface area contributed by atoms with Crippen molar-refractivity contribution >= 4 is 23.4 Å². The van der Waals surface area contributed by atoms with Crippen LogP contribution in [-0.2, 0) is 9.59 Å². The Morgan fingerprint density at radius 3 is 2.30 bits per heavy atom. The van der Waals surface area contributed by atoms with E-state index in [1.54, 1.807) is 12.1 Å². The molecule has 2 fully saturated rings. The summed E-state index contributed by atoms with van der Waals surface area (Å²) in [5.74, 6) is 0.844. The monoisotopic (exact) mass is 393 g/mol.